The van der Waals surface area contributed by atoms with Crippen LogP contribution in [-0.4, -0.2) is 154 Å². The molecule has 0 aromatic rings. The number of hydrogen-bond acceptors (Lipinski definition) is 10. The third kappa shape index (κ3) is 37.5. The maximum absolute atomic E-state index is 10.5. The molecule has 14 heteroatoms. The maximum Gasteiger partial charge on any atom is 0.407 e. The average molecular weight is 505 g/mol. The number of methoxy groups -OCH3 is 6. The fourth-order valence-electron chi connectivity index (χ4n) is 1.65. The SMILES string of the molecule is COCCN.COCCN.COCCN(CCOC)C(=O)O.COCCN(CCOC)C(=O)O. The van der Waals surface area contributed by atoms with Gasteiger partial charge in [0.25, 0.3) is 0 Å². The van der Waals surface area contributed by atoms with Crippen LogP contribution < -0.4 is 11.5 Å². The Morgan fingerprint density at radius 2 is 0.735 bits per heavy atom. The smallest absolute Gasteiger partial charge is 0.407 e. The highest BCUT2D eigenvalue weighted by Crippen LogP contribution is 1.90. The molecule has 0 aromatic carbocycles. The van der Waals surface area contributed by atoms with Gasteiger partial charge >= 0.3 is 12.2 Å². The number of amides is 2. The summed E-state index contributed by atoms with van der Waals surface area (Å²) in [6.07, 6.45) is -1.88. The monoisotopic (exact) mass is 504 g/mol. The van der Waals surface area contributed by atoms with Crippen molar-refractivity contribution >= 4 is 12.2 Å². The maximum atomic E-state index is 10.5. The number of carboxylic acid groups (broad SMARTS) is 2. The predicted octanol–water partition coefficient (Wildman–Crippen LogP) is -0.299. The summed E-state index contributed by atoms with van der Waals surface area (Å²) in [6.45, 7) is 5.76. The minimum Gasteiger partial charge on any atom is -0.465 e. The summed E-state index contributed by atoms with van der Waals surface area (Å²) in [7, 11) is 9.42. The molecule has 208 valence electrons. The van der Waals surface area contributed by atoms with Gasteiger partial charge in [0, 0.05) is 81.9 Å². The molecule has 0 unspecified atom stereocenters. The first kappa shape index (κ1) is 39.4. The summed E-state index contributed by atoms with van der Waals surface area (Å²) in [5.74, 6) is 0. The van der Waals surface area contributed by atoms with Crippen LogP contribution >= 0.6 is 0 Å². The van der Waals surface area contributed by atoms with Crippen molar-refractivity contribution in [1.29, 1.82) is 0 Å². The predicted molar refractivity (Wildman–Crippen MR) is 129 cm³/mol. The molecule has 6 N–H and O–H groups in total. The molecule has 0 rings (SSSR count). The van der Waals surface area contributed by atoms with Gasteiger partial charge in [-0.3, -0.25) is 0 Å². The minimum atomic E-state index is -0.941. The summed E-state index contributed by atoms with van der Waals surface area (Å²) in [5, 5.41) is 17.3. The van der Waals surface area contributed by atoms with Gasteiger partial charge < -0.3 is 59.9 Å². The Morgan fingerprint density at radius 1 is 0.529 bits per heavy atom. The van der Waals surface area contributed by atoms with E-state index in [4.69, 9.17) is 40.6 Å². The molecule has 0 saturated carbocycles. The molecule has 2 amide bonds. The van der Waals surface area contributed by atoms with Crippen molar-refractivity contribution in [2.45, 2.75) is 0 Å². The first-order chi connectivity index (χ1) is 16.3. The lowest BCUT2D eigenvalue weighted by molar-refractivity contribution is 0.0975. The van der Waals surface area contributed by atoms with E-state index >= 15 is 0 Å². The molecular weight excluding hydrogens is 456 g/mol. The largest absolute Gasteiger partial charge is 0.465 e. The van der Waals surface area contributed by atoms with Crippen molar-refractivity contribution < 1.29 is 48.2 Å². The van der Waals surface area contributed by atoms with E-state index in [2.05, 4.69) is 9.47 Å². The summed E-state index contributed by atoms with van der Waals surface area (Å²) < 4.78 is 28.2. The molecule has 0 spiro atoms. The van der Waals surface area contributed by atoms with Crippen LogP contribution in [0.5, 0.6) is 0 Å². The van der Waals surface area contributed by atoms with Crippen LogP contribution in [0, 0.1) is 0 Å². The van der Waals surface area contributed by atoms with Crippen molar-refractivity contribution in [3.05, 3.63) is 0 Å². The third-order valence-corrected chi connectivity index (χ3v) is 3.45. The zero-order valence-electron chi connectivity index (χ0n) is 21.7. The lowest BCUT2D eigenvalue weighted by Gasteiger charge is -2.17. The normalized spacial score (nSPS) is 9.41. The van der Waals surface area contributed by atoms with E-state index in [0.717, 1.165) is 0 Å². The molecule has 0 radical (unpaired) electrons. The van der Waals surface area contributed by atoms with Gasteiger partial charge in [0.05, 0.1) is 39.6 Å². The topological polar surface area (TPSA) is 188 Å². The number of nitrogens with zero attached hydrogens (tertiary/aromatic N) is 2. The quantitative estimate of drug-likeness (QED) is 0.215. The van der Waals surface area contributed by atoms with Crippen molar-refractivity contribution in [3.63, 3.8) is 0 Å². The molecular formula is C20H48N4O10. The van der Waals surface area contributed by atoms with Crippen LogP contribution in [-0.2, 0) is 28.4 Å². The molecule has 0 aliphatic heterocycles. The van der Waals surface area contributed by atoms with Crippen molar-refractivity contribution in [2.24, 2.45) is 11.5 Å². The van der Waals surface area contributed by atoms with Gasteiger partial charge in [0.15, 0.2) is 0 Å². The number of ether oxygens (including phenoxy) is 6. The van der Waals surface area contributed by atoms with Crippen molar-refractivity contribution in [1.82, 2.24) is 9.80 Å². The summed E-state index contributed by atoms with van der Waals surface area (Å²) in [5.41, 5.74) is 10.0. The Kier molecular flexibility index (Phi) is 41.5. The van der Waals surface area contributed by atoms with E-state index in [1.807, 2.05) is 0 Å². The Bertz CT molecular complexity index is 354. The van der Waals surface area contributed by atoms with E-state index in [0.29, 0.717) is 78.9 Å². The minimum absolute atomic E-state index is 0.384. The number of nitrogens with two attached hydrogens (primary N) is 2. The zero-order chi connectivity index (χ0) is 27.0. The molecule has 0 saturated heterocycles. The second-order valence-electron chi connectivity index (χ2n) is 6.07. The highest BCUT2D eigenvalue weighted by Gasteiger charge is 2.10. The Balaban J connectivity index is -0.000000191. The lowest BCUT2D eigenvalue weighted by Crippen LogP contribution is -2.35. The highest BCUT2D eigenvalue weighted by molar-refractivity contribution is 5.65. The summed E-state index contributed by atoms with van der Waals surface area (Å²) in [6, 6.07) is 0. The lowest BCUT2D eigenvalue weighted by atomic mass is 10.5. The van der Waals surface area contributed by atoms with Gasteiger partial charge in [-0.1, -0.05) is 0 Å². The van der Waals surface area contributed by atoms with Crippen LogP contribution in [0.15, 0.2) is 0 Å². The van der Waals surface area contributed by atoms with Crippen molar-refractivity contribution in [2.75, 3.05) is 122 Å². The fraction of sp³-hybridized carbons (Fsp3) is 0.900. The van der Waals surface area contributed by atoms with Crippen LogP contribution in [0.2, 0.25) is 0 Å². The standard InChI is InChI=1S/2C7H15NO4.2C3H9NO/c2*1-11-5-3-8(7(9)10)4-6-12-2;2*1-5-3-2-4/h2*3-6H2,1-2H3,(H,9,10);2*2-4H2,1H3. The first-order valence-electron chi connectivity index (χ1n) is 10.6. The molecule has 0 aliphatic carbocycles. The number of rotatable bonds is 16. The van der Waals surface area contributed by atoms with Crippen molar-refractivity contribution in [3.8, 4) is 0 Å². The number of carbonyl (C=O) groups is 2. The van der Waals surface area contributed by atoms with E-state index in [1.165, 1.54) is 38.2 Å². The molecule has 34 heavy (non-hydrogen) atoms. The third-order valence-electron chi connectivity index (χ3n) is 3.45. The van der Waals surface area contributed by atoms with E-state index in [1.54, 1.807) is 14.2 Å². The molecule has 0 bridgehead atoms. The van der Waals surface area contributed by atoms with Gasteiger partial charge in [-0.2, -0.15) is 0 Å². The molecule has 14 nitrogen and oxygen atoms in total. The molecule has 0 aliphatic rings. The van der Waals surface area contributed by atoms with Gasteiger partial charge in [0.2, 0.25) is 0 Å². The van der Waals surface area contributed by atoms with Gasteiger partial charge in [-0.25, -0.2) is 9.59 Å². The van der Waals surface area contributed by atoms with Crippen LogP contribution in [0.25, 0.3) is 0 Å². The molecule has 0 fully saturated rings. The molecule has 0 heterocycles. The fourth-order valence-corrected chi connectivity index (χ4v) is 1.65. The number of hydrogen-bond donors (Lipinski definition) is 4. The van der Waals surface area contributed by atoms with E-state index < -0.39 is 12.2 Å². The average Bonchev–Trinajstić information content (AvgIpc) is 2.81. The Labute approximate surface area is 203 Å². The van der Waals surface area contributed by atoms with Gasteiger partial charge in [-0.15, -0.1) is 0 Å². The second-order valence-corrected chi connectivity index (χ2v) is 6.07. The highest BCUT2D eigenvalue weighted by atomic mass is 16.5. The summed E-state index contributed by atoms with van der Waals surface area (Å²) in [4.78, 5) is 23.6. The molecule has 0 aromatic heterocycles. The Hall–Kier alpha value is -1.78. The summed E-state index contributed by atoms with van der Waals surface area (Å²) >= 11 is 0. The van der Waals surface area contributed by atoms with Crippen LogP contribution in [0.4, 0.5) is 9.59 Å². The van der Waals surface area contributed by atoms with Crippen LogP contribution in [0.1, 0.15) is 0 Å². The zero-order valence-corrected chi connectivity index (χ0v) is 21.7. The van der Waals surface area contributed by atoms with Gasteiger partial charge in [0.1, 0.15) is 0 Å². The first-order valence-corrected chi connectivity index (χ1v) is 10.6. The second kappa shape index (κ2) is 35.8. The van der Waals surface area contributed by atoms with Crippen LogP contribution in [0.3, 0.4) is 0 Å². The Morgan fingerprint density at radius 3 is 0.824 bits per heavy atom. The van der Waals surface area contributed by atoms with E-state index in [9.17, 15) is 9.59 Å². The van der Waals surface area contributed by atoms with E-state index in [-0.39, 0.29) is 0 Å². The molecule has 0 atom stereocenters. The van der Waals surface area contributed by atoms with Gasteiger partial charge in [-0.05, 0) is 0 Å².